The Balaban J connectivity index is 0.000000230. The lowest BCUT2D eigenvalue weighted by Crippen LogP contribution is -2.07. The number of halogens is 3. The van der Waals surface area contributed by atoms with Crippen molar-refractivity contribution < 1.29 is 22.8 Å². The summed E-state index contributed by atoms with van der Waals surface area (Å²) in [5.74, 6) is 0.953. The van der Waals surface area contributed by atoms with E-state index in [0.717, 1.165) is 95.5 Å². The van der Waals surface area contributed by atoms with Crippen LogP contribution in [0.3, 0.4) is 0 Å². The molecule has 358 valence electrons. The Morgan fingerprint density at radius 3 is 1.37 bits per heavy atom. The Bertz CT molecular complexity index is 3030. The first kappa shape index (κ1) is 52.9. The summed E-state index contributed by atoms with van der Waals surface area (Å²) < 4.78 is 37.9. The minimum Gasteiger partial charge on any atom is -0.508 e. The first-order chi connectivity index (χ1) is 33.6. The average Bonchev–Trinajstić information content (AvgIpc) is 3.96. The Labute approximate surface area is 412 Å². The summed E-state index contributed by atoms with van der Waals surface area (Å²) in [4.78, 5) is 13.3. The maximum Gasteiger partial charge on any atom is 0.762 e. The number of nitriles is 2. The third-order valence-electron chi connectivity index (χ3n) is 10.5. The monoisotopic (exact) mass is 962 g/mol. The molecule has 0 fully saturated rings. The van der Waals surface area contributed by atoms with E-state index >= 15 is 0 Å². The van der Waals surface area contributed by atoms with Crippen LogP contribution in [0.2, 0.25) is 0 Å². The number of hydrogen-bond donors (Lipinski definition) is 1. The highest BCUT2D eigenvalue weighted by Crippen LogP contribution is 2.38. The van der Waals surface area contributed by atoms with Crippen LogP contribution in [0, 0.1) is 36.5 Å². The number of nitrogens with zero attached hydrogens (tertiary/aromatic N) is 10. The number of pyridine rings is 2. The maximum absolute atomic E-state index is 10.1. The summed E-state index contributed by atoms with van der Waals surface area (Å²) in [6, 6.07) is 40.4. The van der Waals surface area contributed by atoms with Gasteiger partial charge in [-0.1, -0.05) is 24.3 Å². The number of benzene rings is 4. The molecular weight excluding hydrogens is 909 g/mol. The van der Waals surface area contributed by atoms with E-state index < -0.39 is 7.54 Å². The van der Waals surface area contributed by atoms with Gasteiger partial charge in [0.2, 0.25) is 0 Å². The number of anilines is 2. The number of aromatic nitrogens is 6. The zero-order valence-corrected chi connectivity index (χ0v) is 41.4. The van der Waals surface area contributed by atoms with Crippen molar-refractivity contribution in [2.45, 2.75) is 26.9 Å². The van der Waals surface area contributed by atoms with Gasteiger partial charge in [0.15, 0.2) is 0 Å². The number of hydrogen-bond acceptors (Lipinski definition) is 11. The van der Waals surface area contributed by atoms with Crippen molar-refractivity contribution in [3.05, 3.63) is 145 Å². The van der Waals surface area contributed by atoms with Gasteiger partial charge >= 0.3 is 7.54 Å². The molecule has 8 aromatic rings. The van der Waals surface area contributed by atoms with Gasteiger partial charge in [-0.15, -0.1) is 0 Å². The highest BCUT2D eigenvalue weighted by molar-refractivity contribution is 7.97. The number of rotatable bonds is 11. The van der Waals surface area contributed by atoms with Gasteiger partial charge < -0.3 is 19.6 Å². The number of phenolic OH excluding ortho intramolecular Hbond substituents is 1. The predicted molar refractivity (Wildman–Crippen MR) is 279 cm³/mol. The number of thioether (sulfide) groups is 1. The van der Waals surface area contributed by atoms with Crippen LogP contribution < -0.4 is 14.5 Å². The molecule has 12 nitrogen and oxygen atoms in total. The minimum atomic E-state index is -3.67. The number of phenols is 1. The van der Waals surface area contributed by atoms with E-state index in [1.54, 1.807) is 52.8 Å². The highest BCUT2D eigenvalue weighted by Gasteiger charge is 2.19. The summed E-state index contributed by atoms with van der Waals surface area (Å²) in [7, 11) is 6.06. The zero-order valence-electron chi connectivity index (χ0n) is 40.6. The molecule has 0 amide bonds. The standard InChI is InChI=1S/C26H25N5O.C25H23N5O.C2H6S.BF3/c1-18-13-21(15-23(14-18)32-4)26-24(17-29-31(26)12-10-27)20-9-11-28-25(16-20)19-5-7-22(8-6-19)30(2)3;1-17-12-20(14-22(31)13-17)25-23(16-28-30(25)11-9-26)19-8-10-27-24(15-19)18-4-6-21(7-5-18)29(2)3;1-3-2;2-1(3)4/h5-9,11,13-17H,12H2,1-4H3;4-8,10,12-16,31H,11H2,1-3H3;1-2H3;. The van der Waals surface area contributed by atoms with E-state index in [1.165, 1.54) is 0 Å². The summed E-state index contributed by atoms with van der Waals surface area (Å²) in [5, 5.41) is 37.7. The molecule has 0 saturated heterocycles. The summed E-state index contributed by atoms with van der Waals surface area (Å²) in [6.45, 7) is 4.23. The molecule has 1 N–H and O–H groups in total. The third-order valence-corrected chi connectivity index (χ3v) is 10.5. The van der Waals surface area contributed by atoms with Gasteiger partial charge in [-0.3, -0.25) is 32.3 Å². The average molecular weight is 963 g/mol. The normalized spacial score (nSPS) is 10.2. The first-order valence-corrected chi connectivity index (χ1v) is 23.4. The van der Waals surface area contributed by atoms with Crippen molar-refractivity contribution in [2.24, 2.45) is 0 Å². The van der Waals surface area contributed by atoms with Crippen molar-refractivity contribution >= 4 is 30.7 Å². The number of methoxy groups -OCH3 is 1. The van der Waals surface area contributed by atoms with Gasteiger partial charge in [0.25, 0.3) is 0 Å². The van der Waals surface area contributed by atoms with Gasteiger partial charge in [-0.2, -0.15) is 32.5 Å². The second-order valence-electron chi connectivity index (χ2n) is 16.1. The summed E-state index contributed by atoms with van der Waals surface area (Å²) in [6.07, 6.45) is 11.3. The molecule has 0 radical (unpaired) electrons. The molecule has 0 aliphatic rings. The second kappa shape index (κ2) is 25.4. The lowest BCUT2D eigenvalue weighted by molar-refractivity contribution is 0.414. The lowest BCUT2D eigenvalue weighted by Gasteiger charge is -2.13. The van der Waals surface area contributed by atoms with Crippen molar-refractivity contribution in [1.29, 1.82) is 10.5 Å². The highest BCUT2D eigenvalue weighted by atomic mass is 32.2. The molecule has 17 heteroatoms. The van der Waals surface area contributed by atoms with Crippen LogP contribution in [-0.2, 0) is 13.1 Å². The van der Waals surface area contributed by atoms with E-state index in [-0.39, 0.29) is 18.8 Å². The van der Waals surface area contributed by atoms with Crippen molar-refractivity contribution in [1.82, 2.24) is 29.5 Å². The first-order valence-electron chi connectivity index (χ1n) is 21.7. The van der Waals surface area contributed by atoms with Gasteiger partial charge in [0, 0.05) is 85.3 Å². The maximum atomic E-state index is 10.1. The molecule has 4 aromatic heterocycles. The SMILES string of the molecule is COc1cc(C)cc(-c2c(-c3ccnc(-c4ccc(N(C)C)cc4)c3)cnn2CC#N)c1.CSC.Cc1cc(O)cc(-c2c(-c3ccnc(-c4ccc(N(C)C)cc4)c3)cnn2CC#N)c1.FB(F)F. The van der Waals surface area contributed by atoms with E-state index in [0.29, 0.717) is 0 Å². The molecule has 0 aliphatic carbocycles. The van der Waals surface area contributed by atoms with Crippen LogP contribution in [0.15, 0.2) is 134 Å². The predicted octanol–water partition coefficient (Wildman–Crippen LogP) is 11.9. The van der Waals surface area contributed by atoms with E-state index in [9.17, 15) is 28.6 Å². The molecule has 70 heavy (non-hydrogen) atoms. The van der Waals surface area contributed by atoms with Crippen LogP contribution in [0.5, 0.6) is 11.5 Å². The van der Waals surface area contributed by atoms with Crippen molar-refractivity contribution in [2.75, 3.05) is 57.6 Å². The summed E-state index contributed by atoms with van der Waals surface area (Å²) >= 11 is 1.75. The molecule has 0 bridgehead atoms. The van der Waals surface area contributed by atoms with Crippen molar-refractivity contribution in [3.63, 3.8) is 0 Å². The Morgan fingerprint density at radius 2 is 1.00 bits per heavy atom. The lowest BCUT2D eigenvalue weighted by atomic mass is 9.99. The van der Waals surface area contributed by atoms with Gasteiger partial charge in [0.1, 0.15) is 24.6 Å². The minimum absolute atomic E-state index is 0.119. The van der Waals surface area contributed by atoms with E-state index in [2.05, 4.69) is 103 Å². The molecule has 4 heterocycles. The Morgan fingerprint density at radius 1 is 0.600 bits per heavy atom. The molecule has 8 rings (SSSR count). The smallest absolute Gasteiger partial charge is 0.508 e. The quantitative estimate of drug-likeness (QED) is 0.124. The number of aromatic hydroxyl groups is 1. The number of ether oxygens (including phenoxy) is 1. The topological polar surface area (TPSA) is 145 Å². The van der Waals surface area contributed by atoms with Crippen LogP contribution in [-0.4, -0.2) is 90.0 Å². The van der Waals surface area contributed by atoms with E-state index in [1.807, 2.05) is 103 Å². The van der Waals surface area contributed by atoms with Gasteiger partial charge in [-0.05, 0) is 134 Å². The molecule has 4 aromatic carbocycles. The fourth-order valence-corrected chi connectivity index (χ4v) is 7.45. The third kappa shape index (κ3) is 14.0. The van der Waals surface area contributed by atoms with Crippen LogP contribution >= 0.6 is 11.8 Å². The van der Waals surface area contributed by atoms with Crippen molar-refractivity contribution in [3.8, 4) is 90.9 Å². The van der Waals surface area contributed by atoms with Crippen LogP contribution in [0.4, 0.5) is 24.3 Å². The number of aryl methyl sites for hydroxylation is 2. The molecule has 0 aliphatic heterocycles. The van der Waals surface area contributed by atoms with Crippen LogP contribution in [0.1, 0.15) is 11.1 Å². The fraction of sp³-hybridized carbons (Fsp3) is 0.208. The molecule has 0 saturated carbocycles. The largest absolute Gasteiger partial charge is 0.762 e. The second-order valence-corrected chi connectivity index (χ2v) is 17.0. The fourth-order valence-electron chi connectivity index (χ4n) is 7.45. The molecular formula is C53H54BF3N10O2S. The zero-order chi connectivity index (χ0) is 50.9. The molecule has 0 unspecified atom stereocenters. The van der Waals surface area contributed by atoms with Crippen LogP contribution in [0.25, 0.3) is 67.3 Å². The van der Waals surface area contributed by atoms with E-state index in [4.69, 9.17) is 4.74 Å². The Kier molecular flexibility index (Phi) is 19.2. The Hall–Kier alpha value is -8.02. The summed E-state index contributed by atoms with van der Waals surface area (Å²) in [5.41, 5.74) is 15.3. The molecule has 0 spiro atoms. The molecule has 0 atom stereocenters. The van der Waals surface area contributed by atoms with Gasteiger partial charge in [-0.25, -0.2) is 0 Å². The van der Waals surface area contributed by atoms with Gasteiger partial charge in [0.05, 0.1) is 54.4 Å².